The highest BCUT2D eigenvalue weighted by Crippen LogP contribution is 2.25. The quantitative estimate of drug-likeness (QED) is 0.559. The van der Waals surface area contributed by atoms with Crippen molar-refractivity contribution in [1.29, 1.82) is 0 Å². The van der Waals surface area contributed by atoms with Crippen LogP contribution in [0.1, 0.15) is 29.7 Å². The van der Waals surface area contributed by atoms with Gasteiger partial charge >= 0.3 is 0 Å². The maximum absolute atomic E-state index is 13.8. The van der Waals surface area contributed by atoms with Crippen molar-refractivity contribution in [3.05, 3.63) is 100 Å². The first kappa shape index (κ1) is 18.4. The Kier molecular flexibility index (Phi) is 6.26. The third kappa shape index (κ3) is 4.84. The monoisotopic (exact) mass is 369 g/mol. The van der Waals surface area contributed by atoms with Crippen LogP contribution in [0.15, 0.2) is 72.8 Å². The van der Waals surface area contributed by atoms with Crippen LogP contribution in [-0.2, 0) is 13.2 Å². The maximum Gasteiger partial charge on any atom is 0.129 e. The molecule has 0 aliphatic carbocycles. The van der Waals surface area contributed by atoms with Crippen molar-refractivity contribution in [3.8, 4) is 5.75 Å². The highest BCUT2D eigenvalue weighted by atomic mass is 35.5. The van der Waals surface area contributed by atoms with Crippen molar-refractivity contribution < 1.29 is 9.13 Å². The predicted octanol–water partition coefficient (Wildman–Crippen LogP) is 5.91. The Hall–Kier alpha value is -2.36. The predicted molar refractivity (Wildman–Crippen MR) is 104 cm³/mol. The zero-order valence-corrected chi connectivity index (χ0v) is 15.3. The van der Waals surface area contributed by atoms with Crippen molar-refractivity contribution in [2.45, 2.75) is 26.1 Å². The van der Waals surface area contributed by atoms with Crippen molar-refractivity contribution in [2.75, 3.05) is 0 Å². The average Bonchev–Trinajstić information content (AvgIpc) is 2.67. The van der Waals surface area contributed by atoms with E-state index in [1.54, 1.807) is 24.3 Å². The molecule has 2 nitrogen and oxygen atoms in total. The Morgan fingerprint density at radius 3 is 2.46 bits per heavy atom. The van der Waals surface area contributed by atoms with E-state index in [1.807, 2.05) is 30.3 Å². The Morgan fingerprint density at radius 2 is 1.69 bits per heavy atom. The lowest BCUT2D eigenvalue weighted by molar-refractivity contribution is 0.295. The molecule has 3 aromatic rings. The second-order valence-electron chi connectivity index (χ2n) is 6.15. The molecule has 0 spiro atoms. The third-order valence-corrected chi connectivity index (χ3v) is 4.50. The lowest BCUT2D eigenvalue weighted by Crippen LogP contribution is -2.18. The molecule has 4 heteroatoms. The molecule has 0 bridgehead atoms. The molecular weight excluding hydrogens is 349 g/mol. The van der Waals surface area contributed by atoms with Crippen LogP contribution >= 0.6 is 11.6 Å². The van der Waals surface area contributed by atoms with Crippen LogP contribution in [0.3, 0.4) is 0 Å². The third-order valence-electron chi connectivity index (χ3n) is 4.26. The first-order valence-corrected chi connectivity index (χ1v) is 8.94. The Balaban J connectivity index is 1.69. The van der Waals surface area contributed by atoms with Crippen LogP contribution in [0, 0.1) is 5.82 Å². The molecule has 0 saturated carbocycles. The topological polar surface area (TPSA) is 21.3 Å². The molecule has 0 fully saturated rings. The van der Waals surface area contributed by atoms with Crippen LogP contribution in [0.2, 0.25) is 5.02 Å². The van der Waals surface area contributed by atoms with E-state index < -0.39 is 0 Å². The summed E-state index contributed by atoms with van der Waals surface area (Å²) >= 11 is 6.15. The van der Waals surface area contributed by atoms with Gasteiger partial charge in [-0.15, -0.1) is 0 Å². The minimum atomic E-state index is -0.265. The van der Waals surface area contributed by atoms with E-state index in [0.717, 1.165) is 5.56 Å². The van der Waals surface area contributed by atoms with Gasteiger partial charge in [0, 0.05) is 28.7 Å². The van der Waals surface area contributed by atoms with E-state index in [4.69, 9.17) is 16.3 Å². The van der Waals surface area contributed by atoms with E-state index in [1.165, 1.54) is 11.6 Å². The fraction of sp³-hybridized carbons (Fsp3) is 0.182. The van der Waals surface area contributed by atoms with Gasteiger partial charge in [0.05, 0.1) is 0 Å². The molecule has 0 saturated heterocycles. The summed E-state index contributed by atoms with van der Waals surface area (Å²) < 4.78 is 19.6. The largest absolute Gasteiger partial charge is 0.488 e. The summed E-state index contributed by atoms with van der Waals surface area (Å²) in [5.74, 6) is 0.434. The van der Waals surface area contributed by atoms with Gasteiger partial charge in [-0.25, -0.2) is 4.39 Å². The summed E-state index contributed by atoms with van der Waals surface area (Å²) in [5.41, 5.74) is 2.68. The molecule has 0 aromatic heterocycles. The first-order chi connectivity index (χ1) is 12.6. The zero-order chi connectivity index (χ0) is 18.4. The lowest BCUT2D eigenvalue weighted by atomic mass is 10.1. The number of rotatable bonds is 7. The van der Waals surface area contributed by atoms with Gasteiger partial charge in [0.2, 0.25) is 0 Å². The summed E-state index contributed by atoms with van der Waals surface area (Å²) in [5, 5.41) is 4.13. The van der Waals surface area contributed by atoms with E-state index in [0.29, 0.717) is 22.9 Å². The number of hydrogen-bond donors (Lipinski definition) is 1. The van der Waals surface area contributed by atoms with Crippen LogP contribution < -0.4 is 10.1 Å². The van der Waals surface area contributed by atoms with Crippen molar-refractivity contribution in [2.24, 2.45) is 0 Å². The van der Waals surface area contributed by atoms with Gasteiger partial charge in [-0.1, -0.05) is 60.1 Å². The first-order valence-electron chi connectivity index (χ1n) is 8.56. The SMILES string of the molecule is C[C@@H](NCc1cc(Cl)ccc1OCc1ccccc1F)c1ccccc1. The summed E-state index contributed by atoms with van der Waals surface area (Å²) in [4.78, 5) is 0. The summed E-state index contributed by atoms with van der Waals surface area (Å²) in [6, 6.07) is 22.5. The van der Waals surface area contributed by atoms with E-state index >= 15 is 0 Å². The number of benzene rings is 3. The highest BCUT2D eigenvalue weighted by molar-refractivity contribution is 6.30. The molecule has 134 valence electrons. The fourth-order valence-corrected chi connectivity index (χ4v) is 2.92. The summed E-state index contributed by atoms with van der Waals surface area (Å²) in [6.45, 7) is 2.89. The molecule has 0 aliphatic rings. The molecule has 3 rings (SSSR count). The smallest absolute Gasteiger partial charge is 0.129 e. The van der Waals surface area contributed by atoms with Gasteiger partial charge in [-0.05, 0) is 36.8 Å². The van der Waals surface area contributed by atoms with Crippen LogP contribution in [0.25, 0.3) is 0 Å². The number of halogens is 2. The van der Waals surface area contributed by atoms with Crippen LogP contribution in [0.5, 0.6) is 5.75 Å². The van der Waals surface area contributed by atoms with Gasteiger partial charge in [0.15, 0.2) is 0 Å². The lowest BCUT2D eigenvalue weighted by Gasteiger charge is -2.17. The Bertz CT molecular complexity index is 854. The average molecular weight is 370 g/mol. The second-order valence-corrected chi connectivity index (χ2v) is 6.58. The number of hydrogen-bond acceptors (Lipinski definition) is 2. The normalized spacial score (nSPS) is 12.0. The summed E-state index contributed by atoms with van der Waals surface area (Å²) in [7, 11) is 0. The fourth-order valence-electron chi connectivity index (χ4n) is 2.72. The number of nitrogens with one attached hydrogen (secondary N) is 1. The molecule has 3 aromatic carbocycles. The van der Waals surface area contributed by atoms with Crippen molar-refractivity contribution in [3.63, 3.8) is 0 Å². The van der Waals surface area contributed by atoms with E-state index in [9.17, 15) is 4.39 Å². The molecule has 0 amide bonds. The Morgan fingerprint density at radius 1 is 0.962 bits per heavy atom. The highest BCUT2D eigenvalue weighted by Gasteiger charge is 2.10. The molecule has 0 unspecified atom stereocenters. The molecule has 0 radical (unpaired) electrons. The summed E-state index contributed by atoms with van der Waals surface area (Å²) in [6.07, 6.45) is 0. The Labute approximate surface area is 158 Å². The van der Waals surface area contributed by atoms with Gasteiger partial charge in [0.25, 0.3) is 0 Å². The van der Waals surface area contributed by atoms with Gasteiger partial charge in [-0.2, -0.15) is 0 Å². The van der Waals surface area contributed by atoms with Crippen molar-refractivity contribution >= 4 is 11.6 Å². The molecular formula is C22H21ClFNO. The molecule has 1 N–H and O–H groups in total. The minimum Gasteiger partial charge on any atom is -0.488 e. The zero-order valence-electron chi connectivity index (χ0n) is 14.6. The number of ether oxygens (including phenoxy) is 1. The van der Waals surface area contributed by atoms with Gasteiger partial charge in [0.1, 0.15) is 18.2 Å². The maximum atomic E-state index is 13.8. The van der Waals surface area contributed by atoms with E-state index in [2.05, 4.69) is 24.4 Å². The van der Waals surface area contributed by atoms with Gasteiger partial charge in [-0.3, -0.25) is 0 Å². The molecule has 0 aliphatic heterocycles. The van der Waals surface area contributed by atoms with Crippen LogP contribution in [-0.4, -0.2) is 0 Å². The molecule has 0 heterocycles. The molecule has 26 heavy (non-hydrogen) atoms. The van der Waals surface area contributed by atoms with Crippen molar-refractivity contribution in [1.82, 2.24) is 5.32 Å². The van der Waals surface area contributed by atoms with Crippen LogP contribution in [0.4, 0.5) is 4.39 Å². The van der Waals surface area contributed by atoms with E-state index in [-0.39, 0.29) is 18.5 Å². The minimum absolute atomic E-state index is 0.176. The van der Waals surface area contributed by atoms with Gasteiger partial charge < -0.3 is 10.1 Å². The molecule has 1 atom stereocenters. The second kappa shape index (κ2) is 8.84. The standard InChI is InChI=1S/C22H21ClFNO/c1-16(17-7-3-2-4-8-17)25-14-19-13-20(23)11-12-22(19)26-15-18-9-5-6-10-21(18)24/h2-13,16,25H,14-15H2,1H3/t16-/m1/s1.